The molecule has 90 valence electrons. The molecule has 3 N–H and O–H groups in total. The zero-order chi connectivity index (χ0) is 11.1. The van der Waals surface area contributed by atoms with Crippen molar-refractivity contribution >= 4 is 0 Å². The fraction of sp³-hybridized carbons (Fsp3) is 1.00. The molecule has 0 heterocycles. The number of hydrogen-bond donors (Lipinski definition) is 3. The molecule has 1 unspecified atom stereocenters. The van der Waals surface area contributed by atoms with Gasteiger partial charge in [0.2, 0.25) is 0 Å². The molecule has 0 aliphatic heterocycles. The Balaban J connectivity index is 2.26. The van der Waals surface area contributed by atoms with Gasteiger partial charge < -0.3 is 15.5 Å². The van der Waals surface area contributed by atoms with Crippen LogP contribution in [0, 0.1) is 0 Å². The second kappa shape index (κ2) is 6.46. The van der Waals surface area contributed by atoms with Crippen LogP contribution in [0.1, 0.15) is 51.9 Å². The monoisotopic (exact) mass is 215 g/mol. The van der Waals surface area contributed by atoms with Gasteiger partial charge in [-0.1, -0.05) is 26.2 Å². The molecule has 1 fully saturated rings. The highest BCUT2D eigenvalue weighted by Crippen LogP contribution is 2.27. The molecule has 0 saturated heterocycles. The van der Waals surface area contributed by atoms with E-state index >= 15 is 0 Å². The van der Waals surface area contributed by atoms with Crippen LogP contribution in [0.15, 0.2) is 0 Å². The first kappa shape index (κ1) is 12.9. The Bertz CT molecular complexity index is 167. The van der Waals surface area contributed by atoms with Gasteiger partial charge in [-0.05, 0) is 25.7 Å². The van der Waals surface area contributed by atoms with Crippen molar-refractivity contribution < 1.29 is 10.2 Å². The van der Waals surface area contributed by atoms with Gasteiger partial charge in [0.05, 0.1) is 5.60 Å². The molecule has 0 bridgehead atoms. The van der Waals surface area contributed by atoms with Crippen LogP contribution in [0.2, 0.25) is 0 Å². The van der Waals surface area contributed by atoms with E-state index in [2.05, 4.69) is 12.2 Å². The number of aliphatic hydroxyl groups is 2. The maximum atomic E-state index is 10.3. The van der Waals surface area contributed by atoms with E-state index in [0.717, 1.165) is 38.5 Å². The summed E-state index contributed by atoms with van der Waals surface area (Å²) in [5, 5.41) is 22.5. The Morgan fingerprint density at radius 2 is 1.93 bits per heavy atom. The van der Waals surface area contributed by atoms with Crippen LogP contribution >= 0.6 is 0 Å². The normalized spacial score (nSPS) is 22.6. The standard InChI is InChI=1S/C12H25NO2/c1-2-11(6-9-14)13-10-12(15)7-4-3-5-8-12/h11,13-15H,2-10H2,1H3. The molecule has 0 amide bonds. The third-order valence-corrected chi connectivity index (χ3v) is 3.47. The van der Waals surface area contributed by atoms with Gasteiger partial charge in [0, 0.05) is 19.2 Å². The molecular weight excluding hydrogens is 190 g/mol. The van der Waals surface area contributed by atoms with Gasteiger partial charge in [-0.25, -0.2) is 0 Å². The molecule has 0 radical (unpaired) electrons. The lowest BCUT2D eigenvalue weighted by Gasteiger charge is -2.33. The van der Waals surface area contributed by atoms with Gasteiger partial charge in [-0.2, -0.15) is 0 Å². The lowest BCUT2D eigenvalue weighted by atomic mass is 9.84. The van der Waals surface area contributed by atoms with Crippen LogP contribution in [0.5, 0.6) is 0 Å². The molecule has 15 heavy (non-hydrogen) atoms. The van der Waals surface area contributed by atoms with Gasteiger partial charge in [-0.3, -0.25) is 0 Å². The summed E-state index contributed by atoms with van der Waals surface area (Å²) in [5.74, 6) is 0. The number of aliphatic hydroxyl groups excluding tert-OH is 1. The maximum Gasteiger partial charge on any atom is 0.0771 e. The summed E-state index contributed by atoms with van der Waals surface area (Å²) in [6.07, 6.45) is 7.20. The Morgan fingerprint density at radius 3 is 2.47 bits per heavy atom. The van der Waals surface area contributed by atoms with E-state index < -0.39 is 5.60 Å². The van der Waals surface area contributed by atoms with Crippen molar-refractivity contribution in [2.75, 3.05) is 13.2 Å². The van der Waals surface area contributed by atoms with Crippen molar-refractivity contribution in [3.05, 3.63) is 0 Å². The molecule has 1 atom stereocenters. The fourth-order valence-electron chi connectivity index (χ4n) is 2.33. The summed E-state index contributed by atoms with van der Waals surface area (Å²) < 4.78 is 0. The SMILES string of the molecule is CCC(CCO)NCC1(O)CCCCC1. The van der Waals surface area contributed by atoms with E-state index in [1.54, 1.807) is 0 Å². The van der Waals surface area contributed by atoms with Crippen LogP contribution in [0.3, 0.4) is 0 Å². The smallest absolute Gasteiger partial charge is 0.0771 e. The van der Waals surface area contributed by atoms with Gasteiger partial charge >= 0.3 is 0 Å². The van der Waals surface area contributed by atoms with E-state index in [4.69, 9.17) is 5.11 Å². The highest BCUT2D eigenvalue weighted by Gasteiger charge is 2.29. The van der Waals surface area contributed by atoms with Crippen molar-refractivity contribution in [1.29, 1.82) is 0 Å². The van der Waals surface area contributed by atoms with Crippen molar-refractivity contribution in [2.45, 2.75) is 63.5 Å². The highest BCUT2D eigenvalue weighted by molar-refractivity contribution is 4.85. The molecule has 0 spiro atoms. The first-order chi connectivity index (χ1) is 7.20. The molecule has 0 aromatic heterocycles. The first-order valence-electron chi connectivity index (χ1n) is 6.27. The molecule has 1 rings (SSSR count). The van der Waals surface area contributed by atoms with Crippen molar-refractivity contribution in [2.24, 2.45) is 0 Å². The predicted molar refractivity (Wildman–Crippen MR) is 61.8 cm³/mol. The molecule has 3 nitrogen and oxygen atoms in total. The molecule has 0 aromatic carbocycles. The minimum atomic E-state index is -0.485. The largest absolute Gasteiger partial charge is 0.396 e. The second-order valence-electron chi connectivity index (χ2n) is 4.78. The molecular formula is C12H25NO2. The van der Waals surface area contributed by atoms with Crippen LogP contribution < -0.4 is 5.32 Å². The summed E-state index contributed by atoms with van der Waals surface area (Å²) in [7, 11) is 0. The molecule has 1 aliphatic carbocycles. The topological polar surface area (TPSA) is 52.5 Å². The number of nitrogens with one attached hydrogen (secondary N) is 1. The van der Waals surface area contributed by atoms with E-state index in [9.17, 15) is 5.11 Å². The minimum Gasteiger partial charge on any atom is -0.396 e. The van der Waals surface area contributed by atoms with Crippen LogP contribution in [0.4, 0.5) is 0 Å². The van der Waals surface area contributed by atoms with E-state index in [1.165, 1.54) is 6.42 Å². The molecule has 3 heteroatoms. The Kier molecular flexibility index (Phi) is 5.58. The van der Waals surface area contributed by atoms with Crippen molar-refractivity contribution in [3.63, 3.8) is 0 Å². The van der Waals surface area contributed by atoms with Gasteiger partial charge in [0.1, 0.15) is 0 Å². The third-order valence-electron chi connectivity index (χ3n) is 3.47. The summed E-state index contributed by atoms with van der Waals surface area (Å²) in [6.45, 7) is 3.02. The highest BCUT2D eigenvalue weighted by atomic mass is 16.3. The summed E-state index contributed by atoms with van der Waals surface area (Å²) >= 11 is 0. The van der Waals surface area contributed by atoms with Gasteiger partial charge in [-0.15, -0.1) is 0 Å². The average molecular weight is 215 g/mol. The Morgan fingerprint density at radius 1 is 1.27 bits per heavy atom. The lowest BCUT2D eigenvalue weighted by molar-refractivity contribution is 0.00192. The van der Waals surface area contributed by atoms with Gasteiger partial charge in [0.15, 0.2) is 0 Å². The second-order valence-corrected chi connectivity index (χ2v) is 4.78. The zero-order valence-corrected chi connectivity index (χ0v) is 9.84. The molecule has 1 aliphatic rings. The maximum absolute atomic E-state index is 10.3. The van der Waals surface area contributed by atoms with E-state index in [1.807, 2.05) is 0 Å². The zero-order valence-electron chi connectivity index (χ0n) is 9.84. The molecule has 1 saturated carbocycles. The third kappa shape index (κ3) is 4.49. The van der Waals surface area contributed by atoms with Crippen LogP contribution in [-0.2, 0) is 0 Å². The predicted octanol–water partition coefficient (Wildman–Crippen LogP) is 1.43. The van der Waals surface area contributed by atoms with Crippen molar-refractivity contribution in [3.8, 4) is 0 Å². The van der Waals surface area contributed by atoms with Gasteiger partial charge in [0.25, 0.3) is 0 Å². The van der Waals surface area contributed by atoms with Crippen LogP contribution in [-0.4, -0.2) is 35.0 Å². The first-order valence-corrected chi connectivity index (χ1v) is 6.27. The quantitative estimate of drug-likeness (QED) is 0.628. The Labute approximate surface area is 92.9 Å². The van der Waals surface area contributed by atoms with Crippen molar-refractivity contribution in [1.82, 2.24) is 5.32 Å². The summed E-state index contributed by atoms with van der Waals surface area (Å²) in [5.41, 5.74) is -0.485. The fourth-order valence-corrected chi connectivity index (χ4v) is 2.33. The number of rotatable bonds is 6. The minimum absolute atomic E-state index is 0.226. The molecule has 0 aromatic rings. The lowest BCUT2D eigenvalue weighted by Crippen LogP contribution is -2.45. The summed E-state index contributed by atoms with van der Waals surface area (Å²) in [6, 6.07) is 0.348. The van der Waals surface area contributed by atoms with Crippen LogP contribution in [0.25, 0.3) is 0 Å². The average Bonchev–Trinajstić information content (AvgIpc) is 2.25. The van der Waals surface area contributed by atoms with E-state index in [-0.39, 0.29) is 6.61 Å². The number of hydrogen-bond acceptors (Lipinski definition) is 3. The Hall–Kier alpha value is -0.120. The van der Waals surface area contributed by atoms with E-state index in [0.29, 0.717) is 12.6 Å². The summed E-state index contributed by atoms with van der Waals surface area (Å²) in [4.78, 5) is 0.